The molecule has 25 heavy (non-hydrogen) atoms. The van der Waals surface area contributed by atoms with Gasteiger partial charge in [-0.2, -0.15) is 9.78 Å². The molecule has 3 N–H and O–H groups in total. The van der Waals surface area contributed by atoms with Crippen LogP contribution in [0, 0.1) is 11.7 Å². The van der Waals surface area contributed by atoms with Gasteiger partial charge in [0.2, 0.25) is 0 Å². The lowest BCUT2D eigenvalue weighted by Crippen LogP contribution is -2.45. The zero-order valence-corrected chi connectivity index (χ0v) is 13.8. The Labute approximate surface area is 144 Å². The predicted octanol–water partition coefficient (Wildman–Crippen LogP) is 1.62. The van der Waals surface area contributed by atoms with Crippen LogP contribution in [0.3, 0.4) is 0 Å². The summed E-state index contributed by atoms with van der Waals surface area (Å²) in [6, 6.07) is 8.08. The van der Waals surface area contributed by atoms with Crippen molar-refractivity contribution in [3.8, 4) is 5.69 Å². The molecule has 0 bridgehead atoms. The maximum Gasteiger partial charge on any atom is 0.271 e. The lowest BCUT2D eigenvalue weighted by atomic mass is 9.84. The minimum atomic E-state index is -0.407. The molecule has 1 fully saturated rings. The summed E-state index contributed by atoms with van der Waals surface area (Å²) >= 11 is 0. The number of nitrogens with zero attached hydrogens (tertiary/aromatic N) is 2. The zero-order chi connectivity index (χ0) is 17.8. The van der Waals surface area contributed by atoms with Gasteiger partial charge in [0.25, 0.3) is 11.5 Å². The first-order valence-electron chi connectivity index (χ1n) is 8.46. The third-order valence-electron chi connectivity index (χ3n) is 4.63. The van der Waals surface area contributed by atoms with Crippen LogP contribution in [0.25, 0.3) is 5.69 Å². The van der Waals surface area contributed by atoms with Crippen molar-refractivity contribution in [3.63, 3.8) is 0 Å². The van der Waals surface area contributed by atoms with Crippen LogP contribution in [0.2, 0.25) is 0 Å². The van der Waals surface area contributed by atoms with E-state index in [9.17, 15) is 14.0 Å². The van der Waals surface area contributed by atoms with E-state index in [-0.39, 0.29) is 29.1 Å². The standard InChI is InChI=1S/C18H21FN4O2/c19-13-5-7-14(8-6-13)23-17(24)10-9-16(22-23)18(25)21-15-4-2-1-3-12(15)11-20/h5-10,12,15H,1-4,11,20H2,(H,21,25). The van der Waals surface area contributed by atoms with Crippen molar-refractivity contribution in [2.75, 3.05) is 6.54 Å². The molecule has 2 atom stereocenters. The molecule has 1 aromatic carbocycles. The van der Waals surface area contributed by atoms with Crippen LogP contribution < -0.4 is 16.6 Å². The highest BCUT2D eigenvalue weighted by Crippen LogP contribution is 2.23. The fraction of sp³-hybridized carbons (Fsp3) is 0.389. The van der Waals surface area contributed by atoms with Gasteiger partial charge in [0.15, 0.2) is 0 Å². The highest BCUT2D eigenvalue weighted by Gasteiger charge is 2.26. The van der Waals surface area contributed by atoms with Gasteiger partial charge in [-0.15, -0.1) is 0 Å². The number of aromatic nitrogens is 2. The van der Waals surface area contributed by atoms with Crippen LogP contribution in [0.5, 0.6) is 0 Å². The Morgan fingerprint density at radius 2 is 1.92 bits per heavy atom. The lowest BCUT2D eigenvalue weighted by molar-refractivity contribution is 0.0901. The third kappa shape index (κ3) is 3.93. The van der Waals surface area contributed by atoms with Crippen LogP contribution in [-0.4, -0.2) is 28.3 Å². The number of hydrogen-bond acceptors (Lipinski definition) is 4. The molecule has 2 aromatic rings. The van der Waals surface area contributed by atoms with Crippen molar-refractivity contribution in [1.82, 2.24) is 15.1 Å². The third-order valence-corrected chi connectivity index (χ3v) is 4.63. The Bertz CT molecular complexity index is 803. The Morgan fingerprint density at radius 1 is 1.20 bits per heavy atom. The molecule has 7 heteroatoms. The van der Waals surface area contributed by atoms with Gasteiger partial charge in [0.05, 0.1) is 5.69 Å². The Kier molecular flexibility index (Phi) is 5.23. The van der Waals surface area contributed by atoms with E-state index in [0.717, 1.165) is 30.4 Å². The van der Waals surface area contributed by atoms with Crippen LogP contribution in [0.15, 0.2) is 41.2 Å². The van der Waals surface area contributed by atoms with E-state index in [0.29, 0.717) is 12.2 Å². The number of halogens is 1. The Hall–Kier alpha value is -2.54. The molecule has 132 valence electrons. The first-order valence-corrected chi connectivity index (χ1v) is 8.46. The van der Waals surface area contributed by atoms with E-state index in [1.54, 1.807) is 0 Å². The van der Waals surface area contributed by atoms with E-state index < -0.39 is 5.82 Å². The summed E-state index contributed by atoms with van der Waals surface area (Å²) in [5.74, 6) is -0.474. The summed E-state index contributed by atoms with van der Waals surface area (Å²) in [5, 5.41) is 7.11. The molecule has 0 radical (unpaired) electrons. The highest BCUT2D eigenvalue weighted by molar-refractivity contribution is 5.92. The minimum absolute atomic E-state index is 0.0271. The lowest BCUT2D eigenvalue weighted by Gasteiger charge is -2.31. The number of carbonyl (C=O) groups is 1. The second-order valence-corrected chi connectivity index (χ2v) is 6.31. The SMILES string of the molecule is NCC1CCCCC1NC(=O)c1ccc(=O)n(-c2ccc(F)cc2)n1. The second kappa shape index (κ2) is 7.57. The molecule has 3 rings (SSSR count). The van der Waals surface area contributed by atoms with E-state index >= 15 is 0 Å². The van der Waals surface area contributed by atoms with Gasteiger partial charge >= 0.3 is 0 Å². The minimum Gasteiger partial charge on any atom is -0.348 e. The second-order valence-electron chi connectivity index (χ2n) is 6.31. The predicted molar refractivity (Wildman–Crippen MR) is 92.1 cm³/mol. The van der Waals surface area contributed by atoms with Crippen LogP contribution in [0.4, 0.5) is 4.39 Å². The smallest absolute Gasteiger partial charge is 0.271 e. The molecule has 2 unspecified atom stereocenters. The fourth-order valence-electron chi connectivity index (χ4n) is 3.22. The largest absolute Gasteiger partial charge is 0.348 e. The highest BCUT2D eigenvalue weighted by atomic mass is 19.1. The van der Waals surface area contributed by atoms with Gasteiger partial charge in [-0.25, -0.2) is 4.39 Å². The molecular weight excluding hydrogens is 323 g/mol. The van der Waals surface area contributed by atoms with E-state index in [1.807, 2.05) is 0 Å². The fourth-order valence-corrected chi connectivity index (χ4v) is 3.22. The van der Waals surface area contributed by atoms with Crippen molar-refractivity contribution in [2.24, 2.45) is 11.7 Å². The molecule has 0 spiro atoms. The number of carbonyl (C=O) groups excluding carboxylic acids is 1. The maximum absolute atomic E-state index is 13.1. The van der Waals surface area contributed by atoms with Crippen LogP contribution in [0.1, 0.15) is 36.2 Å². The van der Waals surface area contributed by atoms with E-state index in [4.69, 9.17) is 5.73 Å². The molecule has 0 saturated heterocycles. The molecule has 1 saturated carbocycles. The average Bonchev–Trinajstić information content (AvgIpc) is 2.63. The number of amides is 1. The van der Waals surface area contributed by atoms with Crippen molar-refractivity contribution in [3.05, 3.63) is 58.3 Å². The number of rotatable bonds is 4. The number of nitrogens with two attached hydrogens (primary N) is 1. The molecule has 1 aliphatic rings. The van der Waals surface area contributed by atoms with Crippen molar-refractivity contribution >= 4 is 5.91 Å². The molecule has 6 nitrogen and oxygen atoms in total. The summed E-state index contributed by atoms with van der Waals surface area (Å²) in [6.45, 7) is 0.535. The Balaban J connectivity index is 1.82. The van der Waals surface area contributed by atoms with Crippen molar-refractivity contribution in [2.45, 2.75) is 31.7 Å². The summed E-state index contributed by atoms with van der Waals surface area (Å²) < 4.78 is 14.2. The Morgan fingerprint density at radius 3 is 2.64 bits per heavy atom. The molecular formula is C18H21FN4O2. The maximum atomic E-state index is 13.1. The van der Waals surface area contributed by atoms with Crippen LogP contribution >= 0.6 is 0 Å². The quantitative estimate of drug-likeness (QED) is 0.882. The van der Waals surface area contributed by atoms with E-state index in [2.05, 4.69) is 10.4 Å². The topological polar surface area (TPSA) is 90.0 Å². The normalized spacial score (nSPS) is 20.2. The number of nitrogens with one attached hydrogen (secondary N) is 1. The van der Waals surface area contributed by atoms with Crippen molar-refractivity contribution in [1.29, 1.82) is 0 Å². The molecule has 1 heterocycles. The van der Waals surface area contributed by atoms with Gasteiger partial charge in [-0.3, -0.25) is 9.59 Å². The van der Waals surface area contributed by atoms with Gasteiger partial charge in [-0.1, -0.05) is 12.8 Å². The monoisotopic (exact) mass is 344 g/mol. The summed E-state index contributed by atoms with van der Waals surface area (Å²) in [5.41, 5.74) is 5.95. The molecule has 1 aliphatic carbocycles. The van der Waals surface area contributed by atoms with Crippen LogP contribution in [-0.2, 0) is 0 Å². The molecule has 1 amide bonds. The number of benzene rings is 1. The summed E-state index contributed by atoms with van der Waals surface area (Å²) in [4.78, 5) is 24.6. The van der Waals surface area contributed by atoms with Gasteiger partial charge < -0.3 is 11.1 Å². The van der Waals surface area contributed by atoms with E-state index in [1.165, 1.54) is 36.4 Å². The first kappa shape index (κ1) is 17.3. The number of hydrogen-bond donors (Lipinski definition) is 2. The molecule has 0 aliphatic heterocycles. The summed E-state index contributed by atoms with van der Waals surface area (Å²) in [6.07, 6.45) is 4.08. The van der Waals surface area contributed by atoms with Gasteiger partial charge in [0, 0.05) is 12.1 Å². The first-order chi connectivity index (χ1) is 12.1. The van der Waals surface area contributed by atoms with Gasteiger partial charge in [0.1, 0.15) is 11.5 Å². The summed E-state index contributed by atoms with van der Waals surface area (Å²) in [7, 11) is 0. The molecule has 1 aromatic heterocycles. The van der Waals surface area contributed by atoms with Crippen molar-refractivity contribution < 1.29 is 9.18 Å². The zero-order valence-electron chi connectivity index (χ0n) is 13.8. The van der Waals surface area contributed by atoms with Gasteiger partial charge in [-0.05, 0) is 55.6 Å². The average molecular weight is 344 g/mol.